The Balaban J connectivity index is 1.39. The van der Waals surface area contributed by atoms with Crippen molar-refractivity contribution >= 4 is 17.5 Å². The largest absolute Gasteiger partial charge is 0.482 e. The Morgan fingerprint density at radius 1 is 1.07 bits per heavy atom. The predicted octanol–water partition coefficient (Wildman–Crippen LogP) is 2.50. The lowest BCUT2D eigenvalue weighted by Gasteiger charge is -2.23. The van der Waals surface area contributed by atoms with Crippen molar-refractivity contribution in [2.24, 2.45) is 0 Å². The first-order chi connectivity index (χ1) is 13.6. The molecule has 0 aromatic heterocycles. The number of nitrogens with one attached hydrogen (secondary N) is 1. The number of carbonyl (C=O) groups is 2. The molecule has 0 bridgehead atoms. The molecule has 2 heterocycles. The van der Waals surface area contributed by atoms with Crippen LogP contribution in [0.3, 0.4) is 0 Å². The van der Waals surface area contributed by atoms with Gasteiger partial charge in [0.15, 0.2) is 6.61 Å². The zero-order valence-corrected chi connectivity index (χ0v) is 15.5. The van der Waals surface area contributed by atoms with E-state index >= 15 is 0 Å². The lowest BCUT2D eigenvalue weighted by atomic mass is 10.1. The minimum atomic E-state index is -0.231. The Hall–Kier alpha value is -2.93. The molecule has 28 heavy (non-hydrogen) atoms. The summed E-state index contributed by atoms with van der Waals surface area (Å²) in [6.07, 6.45) is 0.879. The lowest BCUT2D eigenvalue weighted by molar-refractivity contribution is -0.118. The summed E-state index contributed by atoms with van der Waals surface area (Å²) in [5.41, 5.74) is 2.21. The average molecular weight is 383 g/mol. The minimum absolute atomic E-state index is 0.0350. The summed E-state index contributed by atoms with van der Waals surface area (Å²) >= 11 is 0. The van der Waals surface area contributed by atoms with Crippen LogP contribution in [0.4, 0.5) is 10.1 Å². The molecule has 2 amide bonds. The molecule has 0 unspecified atom stereocenters. The Morgan fingerprint density at radius 3 is 2.71 bits per heavy atom. The number of anilines is 1. The number of ether oxygens (including phenoxy) is 1. The van der Waals surface area contributed by atoms with Gasteiger partial charge in [-0.2, -0.15) is 0 Å². The van der Waals surface area contributed by atoms with E-state index < -0.39 is 0 Å². The second-order valence-electron chi connectivity index (χ2n) is 7.10. The highest BCUT2D eigenvalue weighted by Gasteiger charge is 2.23. The molecule has 0 atom stereocenters. The van der Waals surface area contributed by atoms with Crippen molar-refractivity contribution in [2.45, 2.75) is 13.0 Å². The molecule has 2 aliphatic rings. The van der Waals surface area contributed by atoms with Gasteiger partial charge in [-0.1, -0.05) is 12.1 Å². The third-order valence-electron chi connectivity index (χ3n) is 5.06. The molecule has 0 aliphatic carbocycles. The number of rotatable bonds is 3. The van der Waals surface area contributed by atoms with E-state index in [1.165, 1.54) is 12.1 Å². The number of hydrogen-bond acceptors (Lipinski definition) is 4. The van der Waals surface area contributed by atoms with Crippen molar-refractivity contribution in [1.82, 2.24) is 9.80 Å². The highest BCUT2D eigenvalue weighted by Crippen LogP contribution is 2.29. The molecule has 1 fully saturated rings. The van der Waals surface area contributed by atoms with E-state index in [4.69, 9.17) is 4.74 Å². The molecule has 0 saturated carbocycles. The molecule has 2 aliphatic heterocycles. The summed E-state index contributed by atoms with van der Waals surface area (Å²) in [6.45, 7) is 3.69. The van der Waals surface area contributed by atoms with Gasteiger partial charge in [0, 0.05) is 38.3 Å². The van der Waals surface area contributed by atoms with Gasteiger partial charge < -0.3 is 15.0 Å². The van der Waals surface area contributed by atoms with Gasteiger partial charge in [-0.05, 0) is 42.3 Å². The summed E-state index contributed by atoms with van der Waals surface area (Å²) in [7, 11) is 0. The zero-order valence-electron chi connectivity index (χ0n) is 15.5. The third kappa shape index (κ3) is 4.14. The van der Waals surface area contributed by atoms with Crippen molar-refractivity contribution in [1.29, 1.82) is 0 Å². The summed E-state index contributed by atoms with van der Waals surface area (Å²) < 4.78 is 18.5. The highest BCUT2D eigenvalue weighted by atomic mass is 19.1. The van der Waals surface area contributed by atoms with Gasteiger partial charge >= 0.3 is 0 Å². The van der Waals surface area contributed by atoms with Crippen LogP contribution in [-0.4, -0.2) is 54.4 Å². The minimum Gasteiger partial charge on any atom is -0.482 e. The number of fused-ring (bicyclic) bond motifs is 1. The van der Waals surface area contributed by atoms with Gasteiger partial charge in [-0.15, -0.1) is 0 Å². The fourth-order valence-electron chi connectivity index (χ4n) is 3.57. The topological polar surface area (TPSA) is 61.9 Å². The summed E-state index contributed by atoms with van der Waals surface area (Å²) in [5, 5.41) is 2.73. The van der Waals surface area contributed by atoms with E-state index in [9.17, 15) is 14.0 Å². The Bertz CT molecular complexity index is 885. The van der Waals surface area contributed by atoms with Crippen LogP contribution in [0.5, 0.6) is 5.75 Å². The van der Waals surface area contributed by atoms with E-state index in [1.54, 1.807) is 30.3 Å². The smallest absolute Gasteiger partial charge is 0.262 e. The van der Waals surface area contributed by atoms with Crippen LogP contribution < -0.4 is 10.1 Å². The van der Waals surface area contributed by atoms with Crippen molar-refractivity contribution in [2.75, 3.05) is 38.1 Å². The SMILES string of the molecule is O=C1COc2cc(C(=O)N3CCCN(Cc4ccc(F)cc4)CC3)ccc2N1. The first-order valence-corrected chi connectivity index (χ1v) is 9.41. The molecule has 146 valence electrons. The molecule has 2 aromatic carbocycles. The maximum Gasteiger partial charge on any atom is 0.262 e. The fourth-order valence-corrected chi connectivity index (χ4v) is 3.57. The van der Waals surface area contributed by atoms with Crippen LogP contribution in [0.2, 0.25) is 0 Å². The van der Waals surface area contributed by atoms with Crippen LogP contribution in [0.15, 0.2) is 42.5 Å². The first-order valence-electron chi connectivity index (χ1n) is 9.41. The first kappa shape index (κ1) is 18.4. The molecule has 6 nitrogen and oxygen atoms in total. The fraction of sp³-hybridized carbons (Fsp3) is 0.333. The van der Waals surface area contributed by atoms with E-state index in [0.717, 1.165) is 31.6 Å². The molecule has 2 aromatic rings. The number of hydrogen-bond donors (Lipinski definition) is 1. The van der Waals surface area contributed by atoms with Crippen LogP contribution in [0.1, 0.15) is 22.3 Å². The van der Waals surface area contributed by atoms with Crippen LogP contribution >= 0.6 is 0 Å². The monoisotopic (exact) mass is 383 g/mol. The maximum atomic E-state index is 13.1. The van der Waals surface area contributed by atoms with Crippen molar-refractivity contribution < 1.29 is 18.7 Å². The predicted molar refractivity (Wildman–Crippen MR) is 103 cm³/mol. The molecule has 0 spiro atoms. The standard InChI is InChI=1S/C21H22FN3O3/c22-17-5-2-15(3-6-17)13-24-8-1-9-25(11-10-24)21(27)16-4-7-18-19(12-16)28-14-20(26)23-18/h2-7,12H,1,8-11,13-14H2,(H,23,26). The van der Waals surface area contributed by atoms with Gasteiger partial charge in [-0.3, -0.25) is 14.5 Å². The molecular weight excluding hydrogens is 361 g/mol. The van der Waals surface area contributed by atoms with Crippen LogP contribution in [0, 0.1) is 5.82 Å². The van der Waals surface area contributed by atoms with E-state index in [2.05, 4.69) is 10.2 Å². The van der Waals surface area contributed by atoms with Gasteiger partial charge in [-0.25, -0.2) is 4.39 Å². The maximum absolute atomic E-state index is 13.1. The normalized spacial score (nSPS) is 17.3. The third-order valence-corrected chi connectivity index (χ3v) is 5.06. The van der Waals surface area contributed by atoms with Gasteiger partial charge in [0.1, 0.15) is 11.6 Å². The Morgan fingerprint density at radius 2 is 1.89 bits per heavy atom. The molecule has 7 heteroatoms. The van der Waals surface area contributed by atoms with Crippen LogP contribution in [-0.2, 0) is 11.3 Å². The van der Waals surface area contributed by atoms with Gasteiger partial charge in [0.2, 0.25) is 0 Å². The van der Waals surface area contributed by atoms with Crippen LogP contribution in [0.25, 0.3) is 0 Å². The Kier molecular flexibility index (Phi) is 5.25. The number of amides is 2. The quantitative estimate of drug-likeness (QED) is 0.885. The number of nitrogens with zero attached hydrogens (tertiary/aromatic N) is 2. The van der Waals surface area contributed by atoms with Crippen molar-refractivity contribution in [3.63, 3.8) is 0 Å². The summed E-state index contributed by atoms with van der Waals surface area (Å²) in [4.78, 5) is 28.4. The molecule has 0 radical (unpaired) electrons. The summed E-state index contributed by atoms with van der Waals surface area (Å²) in [5.74, 6) is 0.0652. The zero-order chi connectivity index (χ0) is 19.5. The second-order valence-corrected chi connectivity index (χ2v) is 7.10. The molecule has 1 saturated heterocycles. The molecule has 1 N–H and O–H groups in total. The van der Waals surface area contributed by atoms with Gasteiger partial charge in [0.05, 0.1) is 5.69 Å². The van der Waals surface area contributed by atoms with Crippen molar-refractivity contribution in [3.05, 3.63) is 59.4 Å². The average Bonchev–Trinajstić information content (AvgIpc) is 2.94. The lowest BCUT2D eigenvalue weighted by Crippen LogP contribution is -2.35. The highest BCUT2D eigenvalue weighted by molar-refractivity contribution is 5.99. The molecular formula is C21H22FN3O3. The number of benzene rings is 2. The van der Waals surface area contributed by atoms with E-state index in [0.29, 0.717) is 30.1 Å². The van der Waals surface area contributed by atoms with E-state index in [-0.39, 0.29) is 24.2 Å². The Labute approximate surface area is 162 Å². The number of carbonyl (C=O) groups excluding carboxylic acids is 2. The molecule has 4 rings (SSSR count). The summed E-state index contributed by atoms with van der Waals surface area (Å²) in [6, 6.07) is 11.7. The van der Waals surface area contributed by atoms with Crippen molar-refractivity contribution in [3.8, 4) is 5.75 Å². The van der Waals surface area contributed by atoms with Gasteiger partial charge in [0.25, 0.3) is 11.8 Å². The van der Waals surface area contributed by atoms with E-state index in [1.807, 2.05) is 4.90 Å². The number of halogens is 1. The second kappa shape index (κ2) is 7.98.